The van der Waals surface area contributed by atoms with Gasteiger partial charge in [0.05, 0.1) is 0 Å². The number of hydrogen-bond donors (Lipinski definition) is 1. The van der Waals surface area contributed by atoms with E-state index in [0.29, 0.717) is 5.92 Å². The van der Waals surface area contributed by atoms with Crippen molar-refractivity contribution in [1.82, 2.24) is 5.09 Å². The molecule has 0 aromatic rings. The topological polar surface area (TPSA) is 24.4 Å². The molecule has 0 bridgehead atoms. The summed E-state index contributed by atoms with van der Waals surface area (Å²) in [5.41, 5.74) is 1.38. The number of nitrogens with zero attached hydrogens (tertiary/aromatic N) is 1. The lowest BCUT2D eigenvalue weighted by Crippen LogP contribution is -2.05. The Labute approximate surface area is 77.8 Å². The molecule has 0 aliphatic heterocycles. The highest BCUT2D eigenvalue weighted by Crippen LogP contribution is 2.12. The number of rotatable bonds is 3. The first-order chi connectivity index (χ1) is 5.61. The summed E-state index contributed by atoms with van der Waals surface area (Å²) in [6.07, 6.45) is 3.03. The Morgan fingerprint density at radius 3 is 2.50 bits per heavy atom. The summed E-state index contributed by atoms with van der Waals surface area (Å²) in [5.74, 6) is 1.52. The maximum Gasteiger partial charge on any atom is 0.101 e. The fraction of sp³-hybridized carbons (Fsp3) is 0.667. The molecular weight excluding hydrogens is 167 g/mol. The Balaban J connectivity index is 4.30. The molecule has 0 rings (SSSR count). The van der Waals surface area contributed by atoms with Crippen molar-refractivity contribution in [2.24, 2.45) is 10.9 Å². The van der Waals surface area contributed by atoms with Crippen LogP contribution in [-0.2, 0) is 0 Å². The minimum atomic E-state index is 0.594. The van der Waals surface area contributed by atoms with E-state index in [2.05, 4.69) is 40.2 Å². The molecule has 3 heteroatoms. The Hall–Kier alpha value is -0.360. The summed E-state index contributed by atoms with van der Waals surface area (Å²) < 4.78 is 0. The lowest BCUT2D eigenvalue weighted by atomic mass is 10.0. The normalized spacial score (nSPS) is 13.8. The van der Waals surface area contributed by atoms with E-state index < -0.39 is 0 Å². The van der Waals surface area contributed by atoms with Crippen LogP contribution in [0.25, 0.3) is 0 Å². The fourth-order valence-electron chi connectivity index (χ4n) is 0.866. The molecule has 12 heavy (non-hydrogen) atoms. The molecule has 0 aromatic heterocycles. The zero-order chi connectivity index (χ0) is 9.56. The Morgan fingerprint density at radius 2 is 2.17 bits per heavy atom. The van der Waals surface area contributed by atoms with Gasteiger partial charge in [0.2, 0.25) is 0 Å². The molecule has 2 nitrogen and oxygen atoms in total. The summed E-state index contributed by atoms with van der Waals surface area (Å²) in [6.45, 7) is 8.48. The van der Waals surface area contributed by atoms with Gasteiger partial charge in [-0.05, 0) is 34.2 Å². The number of allylic oxidation sites excluding steroid dienone is 1. The third kappa shape index (κ3) is 4.50. The van der Waals surface area contributed by atoms with E-state index >= 15 is 0 Å². The monoisotopic (exact) mass is 186 g/mol. The number of hydrogen-bond acceptors (Lipinski definition) is 1. The van der Waals surface area contributed by atoms with E-state index in [0.717, 1.165) is 12.3 Å². The van der Waals surface area contributed by atoms with Gasteiger partial charge in [-0.1, -0.05) is 20.8 Å². The molecule has 0 aliphatic rings. The summed E-state index contributed by atoms with van der Waals surface area (Å²) >= 11 is 0. The number of aliphatic imine (C=N–C) groups is 1. The van der Waals surface area contributed by atoms with E-state index in [-0.39, 0.29) is 0 Å². The van der Waals surface area contributed by atoms with Gasteiger partial charge in [0, 0.05) is 6.20 Å². The van der Waals surface area contributed by atoms with Gasteiger partial charge in [0.1, 0.15) is 5.84 Å². The molecule has 0 radical (unpaired) electrons. The van der Waals surface area contributed by atoms with Gasteiger partial charge >= 0.3 is 0 Å². The SMILES string of the molecule is CC/C(=C\N=C(C)NP)C(C)C. The highest BCUT2D eigenvalue weighted by Gasteiger charge is 1.98. The molecule has 0 spiro atoms. The summed E-state index contributed by atoms with van der Waals surface area (Å²) in [7, 11) is 2.43. The Morgan fingerprint density at radius 1 is 1.58 bits per heavy atom. The van der Waals surface area contributed by atoms with Crippen LogP contribution in [0.1, 0.15) is 34.1 Å². The Kier molecular flexibility index (Phi) is 6.00. The van der Waals surface area contributed by atoms with Crippen molar-refractivity contribution in [2.75, 3.05) is 0 Å². The van der Waals surface area contributed by atoms with Crippen LogP contribution in [0.15, 0.2) is 16.8 Å². The van der Waals surface area contributed by atoms with Gasteiger partial charge in [0.15, 0.2) is 0 Å². The highest BCUT2D eigenvalue weighted by atomic mass is 31.0. The molecule has 0 aromatic carbocycles. The van der Waals surface area contributed by atoms with Crippen LogP contribution in [0.4, 0.5) is 0 Å². The smallest absolute Gasteiger partial charge is 0.101 e. The molecule has 0 amide bonds. The molecule has 0 saturated heterocycles. The van der Waals surface area contributed by atoms with Crippen LogP contribution >= 0.6 is 9.39 Å². The van der Waals surface area contributed by atoms with Crippen molar-refractivity contribution < 1.29 is 0 Å². The molecule has 1 N–H and O–H groups in total. The number of nitrogens with one attached hydrogen (secondary N) is 1. The van der Waals surface area contributed by atoms with Crippen molar-refractivity contribution >= 4 is 15.2 Å². The maximum atomic E-state index is 4.26. The van der Waals surface area contributed by atoms with Gasteiger partial charge in [-0.25, -0.2) is 4.99 Å². The van der Waals surface area contributed by atoms with Gasteiger partial charge in [-0.3, -0.25) is 0 Å². The summed E-state index contributed by atoms with van der Waals surface area (Å²) in [4.78, 5) is 4.26. The molecule has 0 heterocycles. The fourth-order valence-corrected chi connectivity index (χ4v) is 0.940. The van der Waals surface area contributed by atoms with Crippen LogP contribution < -0.4 is 5.09 Å². The van der Waals surface area contributed by atoms with Gasteiger partial charge < -0.3 is 5.09 Å². The molecule has 0 fully saturated rings. The first kappa shape index (κ1) is 11.6. The van der Waals surface area contributed by atoms with E-state index in [1.54, 1.807) is 0 Å². The van der Waals surface area contributed by atoms with Gasteiger partial charge in [-0.15, -0.1) is 0 Å². The van der Waals surface area contributed by atoms with Crippen molar-refractivity contribution in [3.8, 4) is 0 Å². The van der Waals surface area contributed by atoms with Crippen molar-refractivity contribution in [3.63, 3.8) is 0 Å². The van der Waals surface area contributed by atoms with E-state index in [4.69, 9.17) is 0 Å². The molecular formula is C9H19N2P. The van der Waals surface area contributed by atoms with Crippen molar-refractivity contribution in [1.29, 1.82) is 0 Å². The van der Waals surface area contributed by atoms with E-state index in [1.165, 1.54) is 5.57 Å². The van der Waals surface area contributed by atoms with E-state index in [1.807, 2.05) is 13.1 Å². The second kappa shape index (κ2) is 6.19. The summed E-state index contributed by atoms with van der Waals surface area (Å²) in [6, 6.07) is 0. The third-order valence-electron chi connectivity index (χ3n) is 1.78. The largest absolute Gasteiger partial charge is 0.358 e. The molecule has 1 atom stereocenters. The highest BCUT2D eigenvalue weighted by molar-refractivity contribution is 7.15. The van der Waals surface area contributed by atoms with Crippen LogP contribution in [0.3, 0.4) is 0 Å². The zero-order valence-corrected chi connectivity index (χ0v) is 9.54. The standard InChI is InChI=1S/C9H19N2P/c1-5-9(7(2)3)6-10-8(4)11-12/h6-7H,5,12H2,1-4H3,(H,10,11)/b9-6+. The first-order valence-corrected chi connectivity index (χ1v) is 4.89. The number of amidine groups is 1. The minimum absolute atomic E-state index is 0.594. The maximum absolute atomic E-state index is 4.26. The average molecular weight is 186 g/mol. The second-order valence-electron chi connectivity index (χ2n) is 3.07. The molecule has 0 saturated carbocycles. The van der Waals surface area contributed by atoms with Crippen molar-refractivity contribution in [3.05, 3.63) is 11.8 Å². The quantitative estimate of drug-likeness (QED) is 0.409. The molecule has 0 aliphatic carbocycles. The van der Waals surface area contributed by atoms with Crippen LogP contribution in [0.5, 0.6) is 0 Å². The first-order valence-electron chi connectivity index (χ1n) is 4.31. The van der Waals surface area contributed by atoms with Gasteiger partial charge in [-0.2, -0.15) is 0 Å². The lowest BCUT2D eigenvalue weighted by Gasteiger charge is -2.06. The average Bonchev–Trinajstić information content (AvgIpc) is 2.04. The predicted molar refractivity (Wildman–Crippen MR) is 59.2 cm³/mol. The third-order valence-corrected chi connectivity index (χ3v) is 2.20. The van der Waals surface area contributed by atoms with Crippen molar-refractivity contribution in [2.45, 2.75) is 34.1 Å². The minimum Gasteiger partial charge on any atom is -0.358 e. The van der Waals surface area contributed by atoms with Crippen LogP contribution in [-0.4, -0.2) is 5.84 Å². The lowest BCUT2D eigenvalue weighted by molar-refractivity contribution is 0.728. The predicted octanol–water partition coefficient (Wildman–Crippen LogP) is 2.73. The van der Waals surface area contributed by atoms with Gasteiger partial charge in [0.25, 0.3) is 0 Å². The molecule has 1 unspecified atom stereocenters. The van der Waals surface area contributed by atoms with E-state index in [9.17, 15) is 0 Å². The second-order valence-corrected chi connectivity index (χ2v) is 3.36. The Bertz CT molecular complexity index is 183. The summed E-state index contributed by atoms with van der Waals surface area (Å²) in [5, 5.41) is 2.91. The molecule has 70 valence electrons. The zero-order valence-electron chi connectivity index (χ0n) is 8.39. The van der Waals surface area contributed by atoms with Crippen LogP contribution in [0.2, 0.25) is 0 Å². The van der Waals surface area contributed by atoms with Crippen LogP contribution in [0, 0.1) is 5.92 Å².